The molecule has 1 aromatic carbocycles. The molecule has 2 nitrogen and oxygen atoms in total. The summed E-state index contributed by atoms with van der Waals surface area (Å²) in [4.78, 5) is 0. The highest BCUT2D eigenvalue weighted by Gasteiger charge is 1.95. The van der Waals surface area contributed by atoms with Gasteiger partial charge in [0.15, 0.2) is 0 Å². The molecular weight excluding hydrogens is 148 g/mol. The molecule has 0 aliphatic rings. The lowest BCUT2D eigenvalue weighted by molar-refractivity contribution is 0.728. The van der Waals surface area contributed by atoms with Crippen molar-refractivity contribution in [3.8, 4) is 0 Å². The van der Waals surface area contributed by atoms with Gasteiger partial charge in [-0.25, -0.2) is 0 Å². The molecule has 0 bridgehead atoms. The number of hydrogen-bond acceptors (Lipinski definition) is 2. The number of benzene rings is 1. The zero-order valence-corrected chi connectivity index (χ0v) is 7.72. The Labute approximate surface area is 73.8 Å². The maximum absolute atomic E-state index is 5.19. The van der Waals surface area contributed by atoms with Gasteiger partial charge in [-0.05, 0) is 37.0 Å². The molecule has 0 radical (unpaired) electrons. The second-order valence-electron chi connectivity index (χ2n) is 3.12. The van der Waals surface area contributed by atoms with E-state index in [1.54, 1.807) is 0 Å². The van der Waals surface area contributed by atoms with Gasteiger partial charge in [-0.15, -0.1) is 0 Å². The minimum atomic E-state index is 0.836. The van der Waals surface area contributed by atoms with E-state index in [9.17, 15) is 0 Å². The fraction of sp³-hybridized carbons (Fsp3) is 0.400. The first-order chi connectivity index (χ1) is 5.74. The van der Waals surface area contributed by atoms with Gasteiger partial charge < -0.3 is 0 Å². The van der Waals surface area contributed by atoms with Crippen LogP contribution in [0.4, 0.5) is 0 Å². The van der Waals surface area contributed by atoms with Crippen LogP contribution in [-0.2, 0) is 6.42 Å². The van der Waals surface area contributed by atoms with E-state index in [4.69, 9.17) is 5.84 Å². The zero-order valence-electron chi connectivity index (χ0n) is 7.72. The van der Waals surface area contributed by atoms with Crippen molar-refractivity contribution in [2.45, 2.75) is 20.3 Å². The Hall–Kier alpha value is -0.860. The molecular formula is C10H16N2. The van der Waals surface area contributed by atoms with Crippen molar-refractivity contribution < 1.29 is 0 Å². The van der Waals surface area contributed by atoms with Gasteiger partial charge in [0, 0.05) is 6.54 Å². The fourth-order valence-electron chi connectivity index (χ4n) is 1.18. The maximum Gasteiger partial charge on any atom is 0.0138 e. The van der Waals surface area contributed by atoms with Crippen LogP contribution in [0.2, 0.25) is 0 Å². The third-order valence-corrected chi connectivity index (χ3v) is 2.13. The summed E-state index contributed by atoms with van der Waals surface area (Å²) >= 11 is 0. The molecule has 3 N–H and O–H groups in total. The van der Waals surface area contributed by atoms with Crippen molar-refractivity contribution in [2.75, 3.05) is 6.54 Å². The molecule has 0 heterocycles. The van der Waals surface area contributed by atoms with Crippen molar-refractivity contribution in [3.63, 3.8) is 0 Å². The molecule has 0 aliphatic heterocycles. The van der Waals surface area contributed by atoms with Gasteiger partial charge in [0.25, 0.3) is 0 Å². The van der Waals surface area contributed by atoms with Crippen molar-refractivity contribution in [2.24, 2.45) is 5.84 Å². The SMILES string of the molecule is Cc1ccc(CCNN)cc1C. The Morgan fingerprint density at radius 3 is 2.58 bits per heavy atom. The Balaban J connectivity index is 2.69. The summed E-state index contributed by atoms with van der Waals surface area (Å²) in [7, 11) is 0. The number of nitrogens with one attached hydrogen (secondary N) is 1. The third-order valence-electron chi connectivity index (χ3n) is 2.13. The van der Waals surface area contributed by atoms with Crippen LogP contribution in [-0.4, -0.2) is 6.54 Å². The van der Waals surface area contributed by atoms with E-state index in [1.807, 2.05) is 0 Å². The summed E-state index contributed by atoms with van der Waals surface area (Å²) in [6.07, 6.45) is 0.998. The summed E-state index contributed by atoms with van der Waals surface area (Å²) in [5.74, 6) is 5.19. The van der Waals surface area contributed by atoms with Crippen LogP contribution >= 0.6 is 0 Å². The molecule has 0 spiro atoms. The second-order valence-corrected chi connectivity index (χ2v) is 3.12. The van der Waals surface area contributed by atoms with E-state index in [2.05, 4.69) is 37.5 Å². The maximum atomic E-state index is 5.19. The lowest BCUT2D eigenvalue weighted by atomic mass is 10.0. The first-order valence-corrected chi connectivity index (χ1v) is 4.23. The topological polar surface area (TPSA) is 38.0 Å². The number of hydrogen-bond donors (Lipinski definition) is 2. The summed E-state index contributed by atoms with van der Waals surface area (Å²) in [5.41, 5.74) is 6.69. The molecule has 66 valence electrons. The average Bonchev–Trinajstić information content (AvgIpc) is 2.07. The van der Waals surface area contributed by atoms with Crippen LogP contribution in [0.1, 0.15) is 16.7 Å². The normalized spacial score (nSPS) is 10.2. The standard InChI is InChI=1S/C10H16N2/c1-8-3-4-10(5-6-12-11)7-9(8)2/h3-4,7,12H,5-6,11H2,1-2H3. The van der Waals surface area contributed by atoms with E-state index >= 15 is 0 Å². The van der Waals surface area contributed by atoms with Gasteiger partial charge in [-0.1, -0.05) is 18.2 Å². The quantitative estimate of drug-likeness (QED) is 0.522. The molecule has 1 rings (SSSR count). The Morgan fingerprint density at radius 1 is 1.25 bits per heavy atom. The molecule has 0 amide bonds. The number of aryl methyl sites for hydroxylation is 2. The predicted octanol–water partition coefficient (Wildman–Crippen LogP) is 1.31. The molecule has 2 heteroatoms. The van der Waals surface area contributed by atoms with Gasteiger partial charge in [-0.2, -0.15) is 0 Å². The first-order valence-electron chi connectivity index (χ1n) is 4.23. The Morgan fingerprint density at radius 2 is 2.00 bits per heavy atom. The van der Waals surface area contributed by atoms with Gasteiger partial charge in [-0.3, -0.25) is 11.3 Å². The Kier molecular flexibility index (Phi) is 3.26. The number of hydrazine groups is 1. The molecule has 0 atom stereocenters. The average molecular weight is 164 g/mol. The lowest BCUT2D eigenvalue weighted by Gasteiger charge is -2.04. The van der Waals surface area contributed by atoms with Crippen molar-refractivity contribution in [1.82, 2.24) is 5.43 Å². The molecule has 1 aromatic rings. The fourth-order valence-corrected chi connectivity index (χ4v) is 1.18. The number of rotatable bonds is 3. The largest absolute Gasteiger partial charge is 0.271 e. The summed E-state index contributed by atoms with van der Waals surface area (Å²) < 4.78 is 0. The lowest BCUT2D eigenvalue weighted by Crippen LogP contribution is -2.24. The molecule has 0 saturated heterocycles. The third kappa shape index (κ3) is 2.32. The van der Waals surface area contributed by atoms with Gasteiger partial charge >= 0.3 is 0 Å². The number of nitrogens with two attached hydrogens (primary N) is 1. The van der Waals surface area contributed by atoms with E-state index in [0.29, 0.717) is 0 Å². The minimum absolute atomic E-state index is 0.836. The van der Waals surface area contributed by atoms with Crippen LogP contribution in [0.25, 0.3) is 0 Å². The summed E-state index contributed by atoms with van der Waals surface area (Å²) in [5, 5.41) is 0. The van der Waals surface area contributed by atoms with Crippen molar-refractivity contribution in [1.29, 1.82) is 0 Å². The summed E-state index contributed by atoms with van der Waals surface area (Å²) in [6, 6.07) is 6.52. The van der Waals surface area contributed by atoms with Gasteiger partial charge in [0.1, 0.15) is 0 Å². The highest BCUT2D eigenvalue weighted by Crippen LogP contribution is 2.09. The van der Waals surface area contributed by atoms with Crippen LogP contribution in [0.5, 0.6) is 0 Å². The van der Waals surface area contributed by atoms with Crippen LogP contribution in [0, 0.1) is 13.8 Å². The van der Waals surface area contributed by atoms with Gasteiger partial charge in [0.2, 0.25) is 0 Å². The smallest absolute Gasteiger partial charge is 0.0138 e. The van der Waals surface area contributed by atoms with Crippen molar-refractivity contribution in [3.05, 3.63) is 34.9 Å². The second kappa shape index (κ2) is 4.24. The highest BCUT2D eigenvalue weighted by atomic mass is 15.2. The van der Waals surface area contributed by atoms with E-state index in [1.165, 1.54) is 16.7 Å². The van der Waals surface area contributed by atoms with E-state index in [-0.39, 0.29) is 0 Å². The molecule has 0 unspecified atom stereocenters. The first kappa shape index (κ1) is 9.23. The van der Waals surface area contributed by atoms with Crippen molar-refractivity contribution >= 4 is 0 Å². The monoisotopic (exact) mass is 164 g/mol. The highest BCUT2D eigenvalue weighted by molar-refractivity contribution is 5.29. The predicted molar refractivity (Wildman–Crippen MR) is 51.8 cm³/mol. The van der Waals surface area contributed by atoms with E-state index in [0.717, 1.165) is 13.0 Å². The minimum Gasteiger partial charge on any atom is -0.271 e. The molecule has 0 saturated carbocycles. The molecule has 0 aromatic heterocycles. The molecule has 0 aliphatic carbocycles. The Bertz CT molecular complexity index is 256. The molecule has 12 heavy (non-hydrogen) atoms. The summed E-state index contributed by atoms with van der Waals surface area (Å²) in [6.45, 7) is 5.09. The van der Waals surface area contributed by atoms with Gasteiger partial charge in [0.05, 0.1) is 0 Å². The molecule has 0 fully saturated rings. The van der Waals surface area contributed by atoms with Crippen LogP contribution in [0.15, 0.2) is 18.2 Å². The van der Waals surface area contributed by atoms with Crippen LogP contribution < -0.4 is 11.3 Å². The van der Waals surface area contributed by atoms with E-state index < -0.39 is 0 Å². The zero-order chi connectivity index (χ0) is 8.97. The van der Waals surface area contributed by atoms with Crippen LogP contribution in [0.3, 0.4) is 0 Å².